The number of para-hydroxylation sites is 1. The number of rotatable bonds is 4. The van der Waals surface area contributed by atoms with Gasteiger partial charge in [0.2, 0.25) is 0 Å². The maximum atomic E-state index is 13.0. The number of carbonyl (C=O) groups is 1. The molecule has 8 nitrogen and oxygen atoms in total. The lowest BCUT2D eigenvalue weighted by molar-refractivity contribution is 0.0695. The second kappa shape index (κ2) is 7.82. The van der Waals surface area contributed by atoms with Crippen LogP contribution in [0, 0.1) is 6.92 Å². The molecule has 1 aliphatic heterocycles. The van der Waals surface area contributed by atoms with Crippen LogP contribution in [0.5, 0.6) is 0 Å². The standard InChI is InChI=1S/C21H25N5O3S/c1-16-22-19-15-17(9-10-20(19)26(16)18-7-5-4-6-8-18)21(27)24-11-13-25(14-12-24)30(28,29)23(2)3/h4-10,15H,11-14H2,1-3H3. The third-order valence-corrected chi connectivity index (χ3v) is 7.34. The third kappa shape index (κ3) is 3.60. The van der Waals surface area contributed by atoms with E-state index in [2.05, 4.69) is 9.55 Å². The summed E-state index contributed by atoms with van der Waals surface area (Å²) in [5.74, 6) is 0.744. The predicted octanol–water partition coefficient (Wildman–Crippen LogP) is 1.90. The van der Waals surface area contributed by atoms with Crippen molar-refractivity contribution < 1.29 is 13.2 Å². The smallest absolute Gasteiger partial charge is 0.281 e. The largest absolute Gasteiger partial charge is 0.336 e. The van der Waals surface area contributed by atoms with E-state index in [1.54, 1.807) is 4.90 Å². The summed E-state index contributed by atoms with van der Waals surface area (Å²) in [7, 11) is -0.430. The number of piperazine rings is 1. The van der Waals surface area contributed by atoms with Gasteiger partial charge in [-0.1, -0.05) is 18.2 Å². The average molecular weight is 428 g/mol. The minimum Gasteiger partial charge on any atom is -0.336 e. The Bertz CT molecular complexity index is 1180. The van der Waals surface area contributed by atoms with Crippen molar-refractivity contribution in [1.29, 1.82) is 0 Å². The summed E-state index contributed by atoms with van der Waals surface area (Å²) in [5, 5.41) is 0. The van der Waals surface area contributed by atoms with Crippen LogP contribution in [0.3, 0.4) is 0 Å². The van der Waals surface area contributed by atoms with Gasteiger partial charge in [-0.3, -0.25) is 9.36 Å². The highest BCUT2D eigenvalue weighted by molar-refractivity contribution is 7.86. The monoisotopic (exact) mass is 427 g/mol. The van der Waals surface area contributed by atoms with E-state index in [1.165, 1.54) is 22.7 Å². The molecule has 0 bridgehead atoms. The van der Waals surface area contributed by atoms with E-state index in [9.17, 15) is 13.2 Å². The van der Waals surface area contributed by atoms with Gasteiger partial charge in [0.15, 0.2) is 0 Å². The van der Waals surface area contributed by atoms with Crippen LogP contribution in [-0.2, 0) is 10.2 Å². The highest BCUT2D eigenvalue weighted by Crippen LogP contribution is 2.23. The van der Waals surface area contributed by atoms with Gasteiger partial charge < -0.3 is 4.90 Å². The molecular weight excluding hydrogens is 402 g/mol. The first-order chi connectivity index (χ1) is 14.3. The maximum Gasteiger partial charge on any atom is 0.281 e. The predicted molar refractivity (Wildman–Crippen MR) is 116 cm³/mol. The molecule has 0 spiro atoms. The number of imidazole rings is 1. The fraction of sp³-hybridized carbons (Fsp3) is 0.333. The van der Waals surface area contributed by atoms with Gasteiger partial charge in [0.1, 0.15) is 5.82 Å². The van der Waals surface area contributed by atoms with E-state index in [1.807, 2.05) is 55.5 Å². The molecule has 0 unspecified atom stereocenters. The van der Waals surface area contributed by atoms with Crippen molar-refractivity contribution in [3.05, 3.63) is 59.9 Å². The number of nitrogens with zero attached hydrogens (tertiary/aromatic N) is 5. The first-order valence-corrected chi connectivity index (χ1v) is 11.2. The van der Waals surface area contributed by atoms with Gasteiger partial charge in [0, 0.05) is 51.5 Å². The molecule has 0 atom stereocenters. The van der Waals surface area contributed by atoms with Crippen LogP contribution in [0.15, 0.2) is 48.5 Å². The SMILES string of the molecule is Cc1nc2cc(C(=O)N3CCN(S(=O)(=O)N(C)C)CC3)ccc2n1-c1ccccc1. The van der Waals surface area contributed by atoms with E-state index in [-0.39, 0.29) is 19.0 Å². The maximum absolute atomic E-state index is 13.0. The molecule has 1 fully saturated rings. The van der Waals surface area contributed by atoms with Crippen LogP contribution < -0.4 is 0 Å². The van der Waals surface area contributed by atoms with E-state index in [0.717, 1.165) is 22.5 Å². The Balaban J connectivity index is 1.55. The first-order valence-electron chi connectivity index (χ1n) is 9.80. The van der Waals surface area contributed by atoms with Crippen molar-refractivity contribution in [2.24, 2.45) is 0 Å². The molecule has 4 rings (SSSR count). The van der Waals surface area contributed by atoms with Crippen molar-refractivity contribution in [2.75, 3.05) is 40.3 Å². The Kier molecular flexibility index (Phi) is 5.35. The highest BCUT2D eigenvalue weighted by Gasteiger charge is 2.30. The van der Waals surface area contributed by atoms with Gasteiger partial charge >= 0.3 is 0 Å². The zero-order valence-electron chi connectivity index (χ0n) is 17.3. The van der Waals surface area contributed by atoms with Crippen LogP contribution in [0.25, 0.3) is 16.7 Å². The molecule has 1 aliphatic rings. The second-order valence-electron chi connectivity index (χ2n) is 7.51. The van der Waals surface area contributed by atoms with Gasteiger partial charge in [-0.25, -0.2) is 4.98 Å². The van der Waals surface area contributed by atoms with Crippen molar-refractivity contribution in [3.63, 3.8) is 0 Å². The lowest BCUT2D eigenvalue weighted by atomic mass is 10.1. The summed E-state index contributed by atoms with van der Waals surface area (Å²) in [6, 6.07) is 15.5. The summed E-state index contributed by atoms with van der Waals surface area (Å²) in [6.07, 6.45) is 0. The molecule has 1 amide bonds. The van der Waals surface area contributed by atoms with Crippen LogP contribution in [-0.4, -0.2) is 77.7 Å². The lowest BCUT2D eigenvalue weighted by Gasteiger charge is -2.35. The molecule has 0 aliphatic carbocycles. The lowest BCUT2D eigenvalue weighted by Crippen LogP contribution is -2.53. The van der Waals surface area contributed by atoms with Gasteiger partial charge in [0.25, 0.3) is 16.1 Å². The van der Waals surface area contributed by atoms with E-state index in [0.29, 0.717) is 18.7 Å². The summed E-state index contributed by atoms with van der Waals surface area (Å²) >= 11 is 0. The van der Waals surface area contributed by atoms with Gasteiger partial charge in [-0.15, -0.1) is 0 Å². The fourth-order valence-electron chi connectivity index (χ4n) is 3.77. The molecule has 0 N–H and O–H groups in total. The van der Waals surface area contributed by atoms with Gasteiger partial charge in [-0.2, -0.15) is 17.0 Å². The second-order valence-corrected chi connectivity index (χ2v) is 9.66. The van der Waals surface area contributed by atoms with Crippen molar-refractivity contribution in [1.82, 2.24) is 23.1 Å². The van der Waals surface area contributed by atoms with Crippen molar-refractivity contribution in [2.45, 2.75) is 6.92 Å². The minimum absolute atomic E-state index is 0.106. The number of hydrogen-bond acceptors (Lipinski definition) is 4. The zero-order valence-corrected chi connectivity index (χ0v) is 18.1. The van der Waals surface area contributed by atoms with Gasteiger partial charge in [0.05, 0.1) is 11.0 Å². The molecule has 3 aromatic rings. The number of fused-ring (bicyclic) bond motifs is 1. The number of hydrogen-bond donors (Lipinski definition) is 0. The normalized spacial score (nSPS) is 15.8. The third-order valence-electron chi connectivity index (χ3n) is 5.40. The number of amides is 1. The molecule has 2 heterocycles. The number of aromatic nitrogens is 2. The zero-order chi connectivity index (χ0) is 21.5. The Labute approximate surface area is 176 Å². The van der Waals surface area contributed by atoms with E-state index >= 15 is 0 Å². The van der Waals surface area contributed by atoms with Crippen LogP contribution in [0.2, 0.25) is 0 Å². The molecule has 158 valence electrons. The van der Waals surface area contributed by atoms with Crippen LogP contribution >= 0.6 is 0 Å². The molecule has 1 saturated heterocycles. The molecular formula is C21H25N5O3S. The molecule has 2 aromatic carbocycles. The number of carbonyl (C=O) groups excluding carboxylic acids is 1. The molecule has 9 heteroatoms. The Morgan fingerprint density at radius 3 is 2.30 bits per heavy atom. The topological polar surface area (TPSA) is 78.8 Å². The Morgan fingerprint density at radius 2 is 1.67 bits per heavy atom. The Hall–Kier alpha value is -2.75. The summed E-state index contributed by atoms with van der Waals surface area (Å²) in [4.78, 5) is 19.3. The number of benzene rings is 2. The summed E-state index contributed by atoms with van der Waals surface area (Å²) in [5.41, 5.74) is 3.28. The molecule has 0 radical (unpaired) electrons. The van der Waals surface area contributed by atoms with E-state index in [4.69, 9.17) is 0 Å². The summed E-state index contributed by atoms with van der Waals surface area (Å²) in [6.45, 7) is 3.24. The summed E-state index contributed by atoms with van der Waals surface area (Å²) < 4.78 is 29.2. The van der Waals surface area contributed by atoms with Crippen molar-refractivity contribution in [3.8, 4) is 5.69 Å². The Morgan fingerprint density at radius 1 is 1.00 bits per heavy atom. The fourth-order valence-corrected chi connectivity index (χ4v) is 4.86. The highest BCUT2D eigenvalue weighted by atomic mass is 32.2. The molecule has 1 aromatic heterocycles. The number of aryl methyl sites for hydroxylation is 1. The minimum atomic E-state index is -3.45. The molecule has 0 saturated carbocycles. The average Bonchev–Trinajstić information content (AvgIpc) is 3.08. The quantitative estimate of drug-likeness (QED) is 0.637. The van der Waals surface area contributed by atoms with Crippen LogP contribution in [0.1, 0.15) is 16.2 Å². The van der Waals surface area contributed by atoms with Crippen molar-refractivity contribution >= 4 is 27.1 Å². The van der Waals surface area contributed by atoms with E-state index < -0.39 is 10.2 Å². The molecule has 30 heavy (non-hydrogen) atoms. The van der Waals surface area contributed by atoms with Gasteiger partial charge in [-0.05, 0) is 37.3 Å². The van der Waals surface area contributed by atoms with Crippen LogP contribution in [0.4, 0.5) is 0 Å². The first kappa shape index (κ1) is 20.5.